The fourth-order valence-corrected chi connectivity index (χ4v) is 4.58. The maximum Gasteiger partial charge on any atom is 0.416 e. The lowest BCUT2D eigenvalue weighted by molar-refractivity contribution is -0.137. The Hall–Kier alpha value is -2.65. The number of benzene rings is 2. The second-order valence-corrected chi connectivity index (χ2v) is 8.94. The second kappa shape index (κ2) is 8.61. The molecule has 2 aromatic rings. The van der Waals surface area contributed by atoms with E-state index in [9.17, 15) is 26.4 Å². The van der Waals surface area contributed by atoms with Crippen LogP contribution in [0.1, 0.15) is 16.7 Å². The first-order valence-corrected chi connectivity index (χ1v) is 10.7. The Bertz CT molecular complexity index is 1040. The van der Waals surface area contributed by atoms with E-state index in [0.717, 1.165) is 35.4 Å². The summed E-state index contributed by atoms with van der Waals surface area (Å²) in [4.78, 5) is 13.7. The molecule has 3 rings (SSSR count). The van der Waals surface area contributed by atoms with Gasteiger partial charge in [0.1, 0.15) is 0 Å². The van der Waals surface area contributed by atoms with E-state index in [2.05, 4.69) is 0 Å². The van der Waals surface area contributed by atoms with E-state index in [0.29, 0.717) is 0 Å². The van der Waals surface area contributed by atoms with Crippen LogP contribution in [0.5, 0.6) is 0 Å². The number of aryl methyl sites for hydroxylation is 1. The average Bonchev–Trinajstić information content (AvgIpc) is 2.71. The summed E-state index contributed by atoms with van der Waals surface area (Å²) in [5.41, 5.74) is 1.07. The van der Waals surface area contributed by atoms with Crippen LogP contribution in [-0.2, 0) is 21.0 Å². The molecule has 0 N–H and O–H groups in total. The lowest BCUT2D eigenvalue weighted by atomic mass is 10.1. The van der Waals surface area contributed by atoms with Gasteiger partial charge in [-0.2, -0.15) is 17.5 Å². The van der Waals surface area contributed by atoms with E-state index >= 15 is 0 Å². The number of carbonyl (C=O) groups is 1. The van der Waals surface area contributed by atoms with Gasteiger partial charge in [-0.25, -0.2) is 8.42 Å². The van der Waals surface area contributed by atoms with Crippen LogP contribution in [0.15, 0.2) is 59.5 Å². The molecule has 0 bridgehead atoms. The van der Waals surface area contributed by atoms with Gasteiger partial charge in [0.05, 0.1) is 10.5 Å². The number of hydrogen-bond donors (Lipinski definition) is 0. The second-order valence-electron chi connectivity index (χ2n) is 7.00. The number of rotatable bonds is 4. The maximum absolute atomic E-state index is 12.7. The number of halogens is 3. The molecule has 1 amide bonds. The molecule has 1 aliphatic heterocycles. The lowest BCUT2D eigenvalue weighted by Crippen LogP contribution is -2.50. The largest absolute Gasteiger partial charge is 0.416 e. The molecule has 9 heteroatoms. The highest BCUT2D eigenvalue weighted by atomic mass is 32.2. The van der Waals surface area contributed by atoms with Gasteiger partial charge >= 0.3 is 6.18 Å². The van der Waals surface area contributed by atoms with E-state index in [-0.39, 0.29) is 37.0 Å². The molecule has 1 saturated heterocycles. The SMILES string of the molecule is Cc1cccc(/C=C/C(=O)N2CCN(S(=O)(=O)c3ccc(C(F)(F)F)cc3)CC2)c1. The number of hydrogen-bond acceptors (Lipinski definition) is 3. The van der Waals surface area contributed by atoms with Gasteiger partial charge in [0, 0.05) is 32.3 Å². The molecule has 1 aliphatic rings. The first-order valence-electron chi connectivity index (χ1n) is 9.28. The first kappa shape index (κ1) is 22.0. The topological polar surface area (TPSA) is 57.7 Å². The Morgan fingerprint density at radius 3 is 2.20 bits per heavy atom. The third-order valence-electron chi connectivity index (χ3n) is 4.83. The van der Waals surface area contributed by atoms with Crippen molar-refractivity contribution in [3.8, 4) is 0 Å². The minimum Gasteiger partial charge on any atom is -0.337 e. The number of nitrogens with zero attached hydrogens (tertiary/aromatic N) is 2. The molecule has 0 spiro atoms. The van der Waals surface area contributed by atoms with Gasteiger partial charge in [0.15, 0.2) is 0 Å². The van der Waals surface area contributed by atoms with Crippen LogP contribution in [0.2, 0.25) is 0 Å². The molecule has 30 heavy (non-hydrogen) atoms. The van der Waals surface area contributed by atoms with E-state index in [1.165, 1.54) is 10.4 Å². The van der Waals surface area contributed by atoms with Gasteiger partial charge < -0.3 is 4.90 Å². The molecule has 0 radical (unpaired) electrons. The fourth-order valence-electron chi connectivity index (χ4n) is 3.16. The van der Waals surface area contributed by atoms with Gasteiger partial charge in [-0.3, -0.25) is 4.79 Å². The normalized spacial score (nSPS) is 16.2. The number of alkyl halides is 3. The molecule has 0 unspecified atom stereocenters. The summed E-state index contributed by atoms with van der Waals surface area (Å²) in [5, 5.41) is 0. The van der Waals surface area contributed by atoms with Crippen LogP contribution in [0, 0.1) is 6.92 Å². The van der Waals surface area contributed by atoms with Crippen molar-refractivity contribution < 1.29 is 26.4 Å². The number of sulfonamides is 1. The van der Waals surface area contributed by atoms with Gasteiger partial charge in [-0.15, -0.1) is 0 Å². The van der Waals surface area contributed by atoms with Gasteiger partial charge in [0.2, 0.25) is 15.9 Å². The highest BCUT2D eigenvalue weighted by molar-refractivity contribution is 7.89. The maximum atomic E-state index is 12.7. The summed E-state index contributed by atoms with van der Waals surface area (Å²) in [6.45, 7) is 2.52. The smallest absolute Gasteiger partial charge is 0.337 e. The lowest BCUT2D eigenvalue weighted by Gasteiger charge is -2.33. The van der Waals surface area contributed by atoms with Crippen molar-refractivity contribution in [2.45, 2.75) is 18.0 Å². The van der Waals surface area contributed by atoms with Crippen molar-refractivity contribution in [3.05, 3.63) is 71.3 Å². The Balaban J connectivity index is 1.62. The van der Waals surface area contributed by atoms with E-state index in [1.54, 1.807) is 11.0 Å². The molecule has 1 heterocycles. The summed E-state index contributed by atoms with van der Waals surface area (Å²) < 4.78 is 64.6. The molecular formula is C21H21F3N2O3S. The Morgan fingerprint density at radius 1 is 1.00 bits per heavy atom. The van der Waals surface area contributed by atoms with Crippen molar-refractivity contribution >= 4 is 22.0 Å². The zero-order chi connectivity index (χ0) is 21.9. The molecule has 5 nitrogen and oxygen atoms in total. The third kappa shape index (κ3) is 5.09. The van der Waals surface area contributed by atoms with Crippen molar-refractivity contribution in [3.63, 3.8) is 0 Å². The van der Waals surface area contributed by atoms with Gasteiger partial charge in [0.25, 0.3) is 0 Å². The molecular weight excluding hydrogens is 417 g/mol. The highest BCUT2D eigenvalue weighted by Crippen LogP contribution is 2.30. The molecule has 0 aromatic heterocycles. The predicted octanol–water partition coefficient (Wildman–Crippen LogP) is 3.56. The van der Waals surface area contributed by atoms with Crippen LogP contribution in [0.4, 0.5) is 13.2 Å². The van der Waals surface area contributed by atoms with Crippen molar-refractivity contribution in [2.75, 3.05) is 26.2 Å². The summed E-state index contributed by atoms with van der Waals surface area (Å²) in [6.07, 6.45) is -1.37. The average molecular weight is 438 g/mol. The minimum atomic E-state index is -4.53. The zero-order valence-corrected chi connectivity index (χ0v) is 17.1. The van der Waals surface area contributed by atoms with Crippen LogP contribution in [-0.4, -0.2) is 49.7 Å². The first-order chi connectivity index (χ1) is 14.1. The molecule has 160 valence electrons. The standard InChI is InChI=1S/C21H21F3N2O3S/c1-16-3-2-4-17(15-16)5-10-20(27)25-11-13-26(14-12-25)30(28,29)19-8-6-18(7-9-19)21(22,23)24/h2-10,15H,11-14H2,1H3/b10-5+. The van der Waals surface area contributed by atoms with E-state index in [4.69, 9.17) is 0 Å². The zero-order valence-electron chi connectivity index (χ0n) is 16.3. The quantitative estimate of drug-likeness (QED) is 0.686. The predicted molar refractivity (Wildman–Crippen MR) is 107 cm³/mol. The number of piperazine rings is 1. The fraction of sp³-hybridized carbons (Fsp3) is 0.286. The Kier molecular flexibility index (Phi) is 6.33. The van der Waals surface area contributed by atoms with Crippen molar-refractivity contribution in [2.24, 2.45) is 0 Å². The molecule has 0 aliphatic carbocycles. The summed E-state index contributed by atoms with van der Waals surface area (Å²) in [6, 6.07) is 11.1. The molecule has 0 saturated carbocycles. The van der Waals surface area contributed by atoms with Crippen LogP contribution < -0.4 is 0 Å². The van der Waals surface area contributed by atoms with E-state index < -0.39 is 21.8 Å². The van der Waals surface area contributed by atoms with Crippen LogP contribution in [0.3, 0.4) is 0 Å². The minimum absolute atomic E-state index is 0.0768. The Morgan fingerprint density at radius 2 is 1.63 bits per heavy atom. The highest BCUT2D eigenvalue weighted by Gasteiger charge is 2.33. The molecule has 2 aromatic carbocycles. The Labute approximate surface area is 173 Å². The van der Waals surface area contributed by atoms with Gasteiger partial charge in [-0.05, 0) is 42.8 Å². The summed E-state index contributed by atoms with van der Waals surface area (Å²) >= 11 is 0. The van der Waals surface area contributed by atoms with Crippen LogP contribution in [0.25, 0.3) is 6.08 Å². The summed E-state index contributed by atoms with van der Waals surface area (Å²) in [5.74, 6) is -0.219. The van der Waals surface area contributed by atoms with Crippen molar-refractivity contribution in [1.29, 1.82) is 0 Å². The van der Waals surface area contributed by atoms with Gasteiger partial charge in [-0.1, -0.05) is 29.8 Å². The third-order valence-corrected chi connectivity index (χ3v) is 6.74. The number of amides is 1. The monoisotopic (exact) mass is 438 g/mol. The summed E-state index contributed by atoms with van der Waals surface area (Å²) in [7, 11) is -3.92. The molecule has 0 atom stereocenters. The van der Waals surface area contributed by atoms with Crippen LogP contribution >= 0.6 is 0 Å². The molecule has 1 fully saturated rings. The van der Waals surface area contributed by atoms with Crippen molar-refractivity contribution in [1.82, 2.24) is 9.21 Å². The van der Waals surface area contributed by atoms with E-state index in [1.807, 2.05) is 31.2 Å². The number of carbonyl (C=O) groups excluding carboxylic acids is 1.